The third-order valence-corrected chi connectivity index (χ3v) is 4.48. The van der Waals surface area contributed by atoms with Gasteiger partial charge in [-0.3, -0.25) is 4.79 Å². The summed E-state index contributed by atoms with van der Waals surface area (Å²) < 4.78 is 1.13. The Hall–Kier alpha value is -0.390. The fourth-order valence-corrected chi connectivity index (χ4v) is 3.32. The zero-order valence-corrected chi connectivity index (χ0v) is 12.3. The van der Waals surface area contributed by atoms with Crippen LogP contribution in [0.1, 0.15) is 24.6 Å². The van der Waals surface area contributed by atoms with E-state index in [4.69, 9.17) is 0 Å². The van der Waals surface area contributed by atoms with Crippen LogP contribution in [-0.2, 0) is 11.3 Å². The van der Waals surface area contributed by atoms with Gasteiger partial charge in [0.1, 0.15) is 0 Å². The molecule has 94 valence electrons. The smallest absolute Gasteiger partial charge is 0.236 e. The number of likely N-dealkylation sites (N-methyl/N-ethyl adjacent to an activating group) is 1. The summed E-state index contributed by atoms with van der Waals surface area (Å²) in [4.78, 5) is 15.1. The van der Waals surface area contributed by atoms with E-state index in [9.17, 15) is 4.79 Å². The van der Waals surface area contributed by atoms with E-state index < -0.39 is 0 Å². The lowest BCUT2D eigenvalue weighted by Gasteiger charge is -2.20. The monoisotopic (exact) mass is 316 g/mol. The molecule has 1 saturated carbocycles. The quantitative estimate of drug-likeness (QED) is 0.875. The Morgan fingerprint density at radius 1 is 1.59 bits per heavy atom. The van der Waals surface area contributed by atoms with Gasteiger partial charge in [-0.2, -0.15) is 0 Å². The summed E-state index contributed by atoms with van der Waals surface area (Å²) in [7, 11) is 0. The van der Waals surface area contributed by atoms with Crippen molar-refractivity contribution in [3.63, 3.8) is 0 Å². The Morgan fingerprint density at radius 3 is 2.88 bits per heavy atom. The van der Waals surface area contributed by atoms with Crippen molar-refractivity contribution < 1.29 is 4.79 Å². The van der Waals surface area contributed by atoms with Gasteiger partial charge in [0, 0.05) is 24.0 Å². The molecule has 1 aliphatic rings. The highest BCUT2D eigenvalue weighted by Gasteiger charge is 2.30. The normalized spacial score (nSPS) is 14.9. The van der Waals surface area contributed by atoms with Gasteiger partial charge in [-0.15, -0.1) is 11.3 Å². The largest absolute Gasteiger partial charge is 0.339 e. The number of carbonyl (C=O) groups is 1. The Kier molecular flexibility index (Phi) is 4.59. The molecule has 1 aromatic rings. The van der Waals surface area contributed by atoms with Gasteiger partial charge >= 0.3 is 0 Å². The lowest BCUT2D eigenvalue weighted by molar-refractivity contribution is -0.130. The second-order valence-electron chi connectivity index (χ2n) is 4.22. The molecule has 1 fully saturated rings. The molecule has 1 heterocycles. The molecule has 1 amide bonds. The first kappa shape index (κ1) is 13.1. The lowest BCUT2D eigenvalue weighted by Crippen LogP contribution is -2.39. The maximum atomic E-state index is 11.9. The Balaban J connectivity index is 1.72. The van der Waals surface area contributed by atoms with Crippen molar-refractivity contribution >= 4 is 33.2 Å². The maximum absolute atomic E-state index is 11.9. The summed E-state index contributed by atoms with van der Waals surface area (Å²) in [5, 5.41) is 3.21. The van der Waals surface area contributed by atoms with Crippen LogP contribution in [0.2, 0.25) is 0 Å². The first-order valence-electron chi connectivity index (χ1n) is 5.95. The second kappa shape index (κ2) is 5.98. The van der Waals surface area contributed by atoms with Crippen molar-refractivity contribution in [2.45, 2.75) is 32.4 Å². The standard InChI is InChI=1S/C12H17BrN2OS/c1-2-15(9-3-4-9)12(16)8-14-7-10-5-6-11(13)17-10/h5-6,9,14H,2-4,7-8H2,1H3. The van der Waals surface area contributed by atoms with E-state index in [1.54, 1.807) is 11.3 Å². The molecular formula is C12H17BrN2OS. The highest BCUT2D eigenvalue weighted by atomic mass is 79.9. The maximum Gasteiger partial charge on any atom is 0.236 e. The topological polar surface area (TPSA) is 32.3 Å². The molecule has 1 aromatic heterocycles. The summed E-state index contributed by atoms with van der Waals surface area (Å²) in [6.07, 6.45) is 2.36. The van der Waals surface area contributed by atoms with Crippen molar-refractivity contribution in [3.8, 4) is 0 Å². The number of nitrogens with one attached hydrogen (secondary N) is 1. The fraction of sp³-hybridized carbons (Fsp3) is 0.583. The number of hydrogen-bond donors (Lipinski definition) is 1. The van der Waals surface area contributed by atoms with Crippen LogP contribution in [0.3, 0.4) is 0 Å². The van der Waals surface area contributed by atoms with Crippen LogP contribution in [0.5, 0.6) is 0 Å². The van der Waals surface area contributed by atoms with Crippen molar-refractivity contribution in [2.75, 3.05) is 13.1 Å². The number of hydrogen-bond acceptors (Lipinski definition) is 3. The molecule has 0 aliphatic heterocycles. The first-order valence-corrected chi connectivity index (χ1v) is 7.56. The van der Waals surface area contributed by atoms with Crippen LogP contribution in [0.15, 0.2) is 15.9 Å². The molecule has 0 spiro atoms. The van der Waals surface area contributed by atoms with Gasteiger partial charge in [0.2, 0.25) is 5.91 Å². The van der Waals surface area contributed by atoms with E-state index >= 15 is 0 Å². The van der Waals surface area contributed by atoms with Crippen molar-refractivity contribution in [3.05, 3.63) is 20.8 Å². The molecule has 0 unspecified atom stereocenters. The minimum atomic E-state index is 0.227. The second-order valence-corrected chi connectivity index (χ2v) is 6.77. The molecule has 17 heavy (non-hydrogen) atoms. The van der Waals surface area contributed by atoms with Gasteiger partial charge in [0.15, 0.2) is 0 Å². The zero-order valence-electron chi connectivity index (χ0n) is 9.91. The highest BCUT2D eigenvalue weighted by Crippen LogP contribution is 2.26. The van der Waals surface area contributed by atoms with Gasteiger partial charge in [0.05, 0.1) is 10.3 Å². The van der Waals surface area contributed by atoms with Crippen molar-refractivity contribution in [2.24, 2.45) is 0 Å². The summed E-state index contributed by atoms with van der Waals surface area (Å²) in [6, 6.07) is 4.63. The predicted molar refractivity (Wildman–Crippen MR) is 74.1 cm³/mol. The molecule has 0 atom stereocenters. The SMILES string of the molecule is CCN(C(=O)CNCc1ccc(Br)s1)C1CC1. The lowest BCUT2D eigenvalue weighted by atomic mass is 10.4. The van der Waals surface area contributed by atoms with E-state index in [-0.39, 0.29) is 5.91 Å². The van der Waals surface area contributed by atoms with Crippen molar-refractivity contribution in [1.82, 2.24) is 10.2 Å². The third kappa shape index (κ3) is 3.79. The molecule has 3 nitrogen and oxygen atoms in total. The number of nitrogens with zero attached hydrogens (tertiary/aromatic N) is 1. The van der Waals surface area contributed by atoms with Crippen LogP contribution in [0, 0.1) is 0 Å². The molecule has 0 aromatic carbocycles. The highest BCUT2D eigenvalue weighted by molar-refractivity contribution is 9.11. The number of thiophene rings is 1. The molecule has 0 radical (unpaired) electrons. The summed E-state index contributed by atoms with van der Waals surface area (Å²) >= 11 is 5.13. The van der Waals surface area contributed by atoms with Crippen LogP contribution >= 0.6 is 27.3 Å². The average Bonchev–Trinajstić information content (AvgIpc) is 3.04. The minimum Gasteiger partial charge on any atom is -0.339 e. The Morgan fingerprint density at radius 2 is 2.35 bits per heavy atom. The van der Waals surface area contributed by atoms with Crippen LogP contribution in [-0.4, -0.2) is 29.9 Å². The molecule has 1 N–H and O–H groups in total. The van der Waals surface area contributed by atoms with Gasteiger partial charge in [-0.1, -0.05) is 0 Å². The van der Waals surface area contributed by atoms with E-state index in [2.05, 4.69) is 27.3 Å². The summed E-state index contributed by atoms with van der Waals surface area (Å²) in [5.74, 6) is 0.227. The Labute approximate surface area is 114 Å². The molecule has 1 aliphatic carbocycles. The fourth-order valence-electron chi connectivity index (χ4n) is 1.87. The zero-order chi connectivity index (χ0) is 12.3. The number of amides is 1. The molecular weight excluding hydrogens is 300 g/mol. The number of carbonyl (C=O) groups excluding carboxylic acids is 1. The van der Waals surface area contributed by atoms with Gasteiger partial charge < -0.3 is 10.2 Å². The van der Waals surface area contributed by atoms with E-state index in [0.29, 0.717) is 12.6 Å². The van der Waals surface area contributed by atoms with Gasteiger partial charge in [-0.05, 0) is 47.8 Å². The Bertz CT molecular complexity index is 390. The molecule has 0 saturated heterocycles. The first-order chi connectivity index (χ1) is 8.20. The van der Waals surface area contributed by atoms with E-state index in [1.807, 2.05) is 17.9 Å². The minimum absolute atomic E-state index is 0.227. The van der Waals surface area contributed by atoms with Crippen LogP contribution in [0.4, 0.5) is 0 Å². The molecule has 2 rings (SSSR count). The van der Waals surface area contributed by atoms with Crippen LogP contribution < -0.4 is 5.32 Å². The summed E-state index contributed by atoms with van der Waals surface area (Å²) in [5.41, 5.74) is 0. The van der Waals surface area contributed by atoms with Crippen molar-refractivity contribution in [1.29, 1.82) is 0 Å². The third-order valence-electron chi connectivity index (χ3n) is 2.85. The van der Waals surface area contributed by atoms with E-state index in [0.717, 1.165) is 16.9 Å². The van der Waals surface area contributed by atoms with Crippen LogP contribution in [0.25, 0.3) is 0 Å². The predicted octanol–water partition coefficient (Wildman–Crippen LogP) is 2.61. The number of halogens is 1. The molecule has 5 heteroatoms. The summed E-state index contributed by atoms with van der Waals surface area (Å²) in [6.45, 7) is 4.09. The molecule has 0 bridgehead atoms. The van der Waals surface area contributed by atoms with Gasteiger partial charge in [0.25, 0.3) is 0 Å². The van der Waals surface area contributed by atoms with E-state index in [1.165, 1.54) is 17.7 Å². The number of rotatable bonds is 6. The van der Waals surface area contributed by atoms with Gasteiger partial charge in [-0.25, -0.2) is 0 Å². The average molecular weight is 317 g/mol.